The van der Waals surface area contributed by atoms with Gasteiger partial charge in [-0.2, -0.15) is 5.10 Å². The zero-order valence-electron chi connectivity index (χ0n) is 12.7. The first-order valence-electron chi connectivity index (χ1n) is 6.94. The van der Waals surface area contributed by atoms with Gasteiger partial charge >= 0.3 is 0 Å². The van der Waals surface area contributed by atoms with Crippen molar-refractivity contribution in [3.63, 3.8) is 0 Å². The third kappa shape index (κ3) is 2.51. The number of benzene rings is 1. The van der Waals surface area contributed by atoms with Crippen molar-refractivity contribution >= 4 is 33.1 Å². The molecule has 2 aromatic heterocycles. The second-order valence-corrected chi connectivity index (χ2v) is 6.33. The van der Waals surface area contributed by atoms with E-state index < -0.39 is 0 Å². The van der Waals surface area contributed by atoms with Crippen molar-refractivity contribution in [1.82, 2.24) is 9.78 Å². The van der Waals surface area contributed by atoms with Crippen LogP contribution in [0.5, 0.6) is 0 Å². The van der Waals surface area contributed by atoms with Gasteiger partial charge in [0.2, 0.25) is 0 Å². The molecule has 3 aromatic rings. The molecular weight excluding hydrogens is 298 g/mol. The van der Waals surface area contributed by atoms with Crippen LogP contribution in [0.2, 0.25) is 0 Å². The maximum absolute atomic E-state index is 12.5. The Bertz CT molecular complexity index is 829. The van der Waals surface area contributed by atoms with Crippen molar-refractivity contribution in [2.75, 3.05) is 5.32 Å². The normalized spacial score (nSPS) is 11.1. The number of hydrogen-bond acceptors (Lipinski definition) is 4. The summed E-state index contributed by atoms with van der Waals surface area (Å²) < 4.78 is 1.80. The Morgan fingerprint density at radius 2 is 2.14 bits per heavy atom. The number of carbonyl (C=O) groups is 1. The van der Waals surface area contributed by atoms with E-state index in [-0.39, 0.29) is 12.5 Å². The Morgan fingerprint density at radius 3 is 2.82 bits per heavy atom. The lowest BCUT2D eigenvalue weighted by Gasteiger charge is -2.09. The van der Waals surface area contributed by atoms with Crippen LogP contribution in [0.25, 0.3) is 10.2 Å². The van der Waals surface area contributed by atoms with E-state index in [1.165, 1.54) is 11.3 Å². The SMILES string of the molecule is Cc1ccc(CO)cc1NC(=O)c1cc2c(C)nn(C)c2s1. The number of carbonyl (C=O) groups excluding carboxylic acids is 1. The second kappa shape index (κ2) is 5.55. The van der Waals surface area contributed by atoms with Crippen LogP contribution >= 0.6 is 11.3 Å². The molecule has 0 unspecified atom stereocenters. The molecule has 6 heteroatoms. The fourth-order valence-corrected chi connectivity index (χ4v) is 3.42. The molecule has 0 radical (unpaired) electrons. The van der Waals surface area contributed by atoms with Crippen LogP contribution < -0.4 is 5.32 Å². The molecular formula is C16H17N3O2S. The first-order chi connectivity index (χ1) is 10.5. The average Bonchev–Trinajstić information content (AvgIpc) is 3.04. The van der Waals surface area contributed by atoms with E-state index in [1.54, 1.807) is 10.7 Å². The lowest BCUT2D eigenvalue weighted by atomic mass is 10.1. The van der Waals surface area contributed by atoms with Gasteiger partial charge in [-0.1, -0.05) is 12.1 Å². The van der Waals surface area contributed by atoms with Crippen molar-refractivity contribution in [3.05, 3.63) is 46.0 Å². The highest BCUT2D eigenvalue weighted by Crippen LogP contribution is 2.28. The number of anilines is 1. The van der Waals surface area contributed by atoms with E-state index >= 15 is 0 Å². The van der Waals surface area contributed by atoms with Crippen LogP contribution in [-0.4, -0.2) is 20.8 Å². The van der Waals surface area contributed by atoms with Gasteiger partial charge in [0, 0.05) is 18.1 Å². The quantitative estimate of drug-likeness (QED) is 0.781. The van der Waals surface area contributed by atoms with Crippen LogP contribution in [0, 0.1) is 13.8 Å². The van der Waals surface area contributed by atoms with Gasteiger partial charge < -0.3 is 10.4 Å². The number of amides is 1. The monoisotopic (exact) mass is 315 g/mol. The molecule has 0 aliphatic rings. The van der Waals surface area contributed by atoms with Crippen LogP contribution in [0.3, 0.4) is 0 Å². The standard InChI is InChI=1S/C16H17N3O2S/c1-9-4-5-11(8-20)6-13(9)17-15(21)14-7-12-10(2)18-19(3)16(12)22-14/h4-7,20H,8H2,1-3H3,(H,17,21). The third-order valence-corrected chi connectivity index (χ3v) is 4.85. The second-order valence-electron chi connectivity index (χ2n) is 5.30. The molecule has 22 heavy (non-hydrogen) atoms. The summed E-state index contributed by atoms with van der Waals surface area (Å²) in [6, 6.07) is 7.41. The minimum absolute atomic E-state index is 0.0447. The maximum Gasteiger partial charge on any atom is 0.265 e. The van der Waals surface area contributed by atoms with Gasteiger partial charge in [0.1, 0.15) is 4.83 Å². The number of nitrogens with one attached hydrogen (secondary N) is 1. The molecule has 2 heterocycles. The highest BCUT2D eigenvalue weighted by Gasteiger charge is 2.15. The van der Waals surface area contributed by atoms with Crippen molar-refractivity contribution in [1.29, 1.82) is 0 Å². The lowest BCUT2D eigenvalue weighted by Crippen LogP contribution is -2.11. The van der Waals surface area contributed by atoms with Gasteiger partial charge in [0.25, 0.3) is 5.91 Å². The van der Waals surface area contributed by atoms with E-state index in [9.17, 15) is 9.90 Å². The molecule has 0 aliphatic heterocycles. The van der Waals surface area contributed by atoms with Crippen LogP contribution in [0.15, 0.2) is 24.3 Å². The fourth-order valence-electron chi connectivity index (χ4n) is 2.40. The van der Waals surface area contributed by atoms with Gasteiger partial charge in [-0.3, -0.25) is 9.48 Å². The molecule has 1 amide bonds. The van der Waals surface area contributed by atoms with Crippen LogP contribution in [-0.2, 0) is 13.7 Å². The van der Waals surface area contributed by atoms with Crippen molar-refractivity contribution in [2.24, 2.45) is 7.05 Å². The minimum atomic E-state index is -0.140. The molecule has 114 valence electrons. The van der Waals surface area contributed by atoms with Crippen molar-refractivity contribution < 1.29 is 9.90 Å². The predicted molar refractivity (Wildman–Crippen MR) is 88.4 cm³/mol. The van der Waals surface area contributed by atoms with E-state index in [0.29, 0.717) is 4.88 Å². The fraction of sp³-hybridized carbons (Fsp3) is 0.250. The summed E-state index contributed by atoms with van der Waals surface area (Å²) in [6.45, 7) is 3.82. The molecule has 0 saturated carbocycles. The summed E-state index contributed by atoms with van der Waals surface area (Å²) in [5.41, 5.74) is 3.39. The number of aryl methyl sites for hydroxylation is 3. The van der Waals surface area contributed by atoms with Crippen molar-refractivity contribution in [3.8, 4) is 0 Å². The number of nitrogens with zero attached hydrogens (tertiary/aromatic N) is 2. The molecule has 3 rings (SSSR count). The molecule has 0 spiro atoms. The van der Waals surface area contributed by atoms with Crippen molar-refractivity contribution in [2.45, 2.75) is 20.5 Å². The Labute approximate surface area is 132 Å². The number of fused-ring (bicyclic) bond motifs is 1. The summed E-state index contributed by atoms with van der Waals surface area (Å²) in [4.78, 5) is 14.1. The van der Waals surface area contributed by atoms with Gasteiger partial charge in [0.15, 0.2) is 0 Å². The molecule has 5 nitrogen and oxygen atoms in total. The first kappa shape index (κ1) is 14.7. The van der Waals surface area contributed by atoms with E-state index in [4.69, 9.17) is 0 Å². The van der Waals surface area contributed by atoms with E-state index in [0.717, 1.165) is 32.7 Å². The Hall–Kier alpha value is -2.18. The summed E-state index contributed by atoms with van der Waals surface area (Å²) >= 11 is 1.43. The molecule has 0 aliphatic carbocycles. The minimum Gasteiger partial charge on any atom is -0.392 e. The zero-order chi connectivity index (χ0) is 15.9. The van der Waals surface area contributed by atoms with E-state index in [1.807, 2.05) is 39.1 Å². The van der Waals surface area contributed by atoms with Gasteiger partial charge in [-0.05, 0) is 37.1 Å². The predicted octanol–water partition coefficient (Wildman–Crippen LogP) is 3.00. The summed E-state index contributed by atoms with van der Waals surface area (Å²) in [7, 11) is 1.88. The summed E-state index contributed by atoms with van der Waals surface area (Å²) in [5.74, 6) is -0.140. The number of hydrogen-bond donors (Lipinski definition) is 2. The number of aliphatic hydroxyl groups excluding tert-OH is 1. The Morgan fingerprint density at radius 1 is 1.36 bits per heavy atom. The average molecular weight is 315 g/mol. The lowest BCUT2D eigenvalue weighted by molar-refractivity contribution is 0.103. The Balaban J connectivity index is 1.91. The molecule has 0 fully saturated rings. The number of aliphatic hydroxyl groups is 1. The van der Waals surface area contributed by atoms with Gasteiger partial charge in [0.05, 0.1) is 17.2 Å². The summed E-state index contributed by atoms with van der Waals surface area (Å²) in [5, 5.41) is 17.5. The topological polar surface area (TPSA) is 67.2 Å². The highest BCUT2D eigenvalue weighted by atomic mass is 32.1. The maximum atomic E-state index is 12.5. The number of rotatable bonds is 3. The van der Waals surface area contributed by atoms with Crippen LogP contribution in [0.4, 0.5) is 5.69 Å². The van der Waals surface area contributed by atoms with Gasteiger partial charge in [-0.15, -0.1) is 11.3 Å². The largest absolute Gasteiger partial charge is 0.392 e. The highest BCUT2D eigenvalue weighted by molar-refractivity contribution is 7.20. The third-order valence-electron chi connectivity index (χ3n) is 3.65. The first-order valence-corrected chi connectivity index (χ1v) is 7.76. The molecule has 0 bridgehead atoms. The molecule has 1 aromatic carbocycles. The molecule has 2 N–H and O–H groups in total. The summed E-state index contributed by atoms with van der Waals surface area (Å²) in [6.07, 6.45) is 0. The smallest absolute Gasteiger partial charge is 0.265 e. The van der Waals surface area contributed by atoms with Crippen LogP contribution in [0.1, 0.15) is 26.5 Å². The zero-order valence-corrected chi connectivity index (χ0v) is 13.5. The van der Waals surface area contributed by atoms with Gasteiger partial charge in [-0.25, -0.2) is 0 Å². The van der Waals surface area contributed by atoms with E-state index in [2.05, 4.69) is 10.4 Å². The number of aromatic nitrogens is 2. The number of thiophene rings is 1. The molecule has 0 saturated heterocycles. The molecule has 0 atom stereocenters. The Kier molecular flexibility index (Phi) is 3.72.